The normalized spacial score (nSPS) is 21.4. The summed E-state index contributed by atoms with van der Waals surface area (Å²) in [6.45, 7) is 2.28. The topological polar surface area (TPSA) is 153 Å². The lowest BCUT2D eigenvalue weighted by atomic mass is 9.80. The molecule has 2 aromatic rings. The third-order valence-corrected chi connectivity index (χ3v) is 7.49. The standard InChI is InChI=1S/C21H25N3O6S/c1-21(26)10-8-14(9-11-21)13-23-17-7-6-15(12-18(17)24(27)28)31(29,30)19-5-3-2-4-16(19)20(22)25/h2-7,12,14,23,26H,8-11,13H2,1H3,(H2,22,25). The van der Waals surface area contributed by atoms with Crippen molar-refractivity contribution in [2.75, 3.05) is 11.9 Å². The molecule has 1 aliphatic rings. The Morgan fingerprint density at radius 1 is 1.26 bits per heavy atom. The average molecular weight is 448 g/mol. The van der Waals surface area contributed by atoms with Crippen LogP contribution in [0.4, 0.5) is 11.4 Å². The second-order valence-electron chi connectivity index (χ2n) is 8.12. The molecular weight excluding hydrogens is 422 g/mol. The summed E-state index contributed by atoms with van der Waals surface area (Å²) in [4.78, 5) is 22.0. The van der Waals surface area contributed by atoms with E-state index in [1.54, 1.807) is 6.92 Å². The van der Waals surface area contributed by atoms with E-state index in [0.29, 0.717) is 19.4 Å². The highest BCUT2D eigenvalue weighted by Gasteiger charge is 2.30. The van der Waals surface area contributed by atoms with Crippen molar-refractivity contribution >= 4 is 27.1 Å². The van der Waals surface area contributed by atoms with Crippen molar-refractivity contribution in [1.29, 1.82) is 0 Å². The van der Waals surface area contributed by atoms with Gasteiger partial charge in [-0.3, -0.25) is 14.9 Å². The number of hydrogen-bond donors (Lipinski definition) is 3. The fraction of sp³-hybridized carbons (Fsp3) is 0.381. The van der Waals surface area contributed by atoms with Gasteiger partial charge < -0.3 is 16.2 Å². The van der Waals surface area contributed by atoms with Crippen LogP contribution < -0.4 is 11.1 Å². The molecule has 0 radical (unpaired) electrons. The fourth-order valence-corrected chi connectivity index (χ4v) is 5.25. The van der Waals surface area contributed by atoms with E-state index < -0.39 is 26.3 Å². The zero-order chi connectivity index (χ0) is 22.8. The van der Waals surface area contributed by atoms with Crippen LogP contribution in [0.5, 0.6) is 0 Å². The second kappa shape index (κ2) is 8.64. The highest BCUT2D eigenvalue weighted by Crippen LogP contribution is 2.34. The molecule has 10 heteroatoms. The van der Waals surface area contributed by atoms with Crippen LogP contribution in [-0.2, 0) is 9.84 Å². The number of benzene rings is 2. The second-order valence-corrected chi connectivity index (χ2v) is 10.0. The molecule has 1 amide bonds. The molecule has 0 bridgehead atoms. The molecule has 1 aliphatic carbocycles. The molecule has 4 N–H and O–H groups in total. The van der Waals surface area contributed by atoms with Crippen molar-refractivity contribution in [3.8, 4) is 0 Å². The summed E-state index contributed by atoms with van der Waals surface area (Å²) < 4.78 is 26.1. The molecule has 31 heavy (non-hydrogen) atoms. The summed E-state index contributed by atoms with van der Waals surface area (Å²) in [5.74, 6) is -0.649. The van der Waals surface area contributed by atoms with E-state index in [4.69, 9.17) is 5.73 Å². The minimum absolute atomic E-state index is 0.180. The number of hydrogen-bond acceptors (Lipinski definition) is 7. The first kappa shape index (κ1) is 22.7. The first-order valence-electron chi connectivity index (χ1n) is 9.90. The lowest BCUT2D eigenvalue weighted by molar-refractivity contribution is -0.384. The van der Waals surface area contributed by atoms with E-state index in [1.165, 1.54) is 36.4 Å². The maximum absolute atomic E-state index is 13.0. The number of aliphatic hydroxyl groups is 1. The minimum Gasteiger partial charge on any atom is -0.390 e. The van der Waals surface area contributed by atoms with E-state index in [2.05, 4.69) is 5.32 Å². The molecule has 0 aliphatic heterocycles. The Kier molecular flexibility index (Phi) is 6.33. The van der Waals surface area contributed by atoms with Gasteiger partial charge in [0.25, 0.3) is 5.69 Å². The van der Waals surface area contributed by atoms with Gasteiger partial charge in [-0.2, -0.15) is 0 Å². The Hall–Kier alpha value is -2.98. The van der Waals surface area contributed by atoms with Gasteiger partial charge in [0, 0.05) is 12.6 Å². The van der Waals surface area contributed by atoms with Crippen LogP contribution in [0.3, 0.4) is 0 Å². The van der Waals surface area contributed by atoms with Gasteiger partial charge in [0.2, 0.25) is 15.7 Å². The molecule has 166 valence electrons. The van der Waals surface area contributed by atoms with Crippen LogP contribution in [0.2, 0.25) is 0 Å². The van der Waals surface area contributed by atoms with E-state index in [0.717, 1.165) is 18.9 Å². The third kappa shape index (κ3) is 5.02. The highest BCUT2D eigenvalue weighted by molar-refractivity contribution is 7.91. The molecule has 9 nitrogen and oxygen atoms in total. The summed E-state index contributed by atoms with van der Waals surface area (Å²) in [6, 6.07) is 9.09. The number of primary amides is 1. The average Bonchev–Trinajstić information content (AvgIpc) is 2.72. The molecule has 2 aromatic carbocycles. The van der Waals surface area contributed by atoms with Gasteiger partial charge in [0.1, 0.15) is 5.69 Å². The van der Waals surface area contributed by atoms with E-state index in [1.807, 2.05) is 0 Å². The zero-order valence-corrected chi connectivity index (χ0v) is 17.9. The van der Waals surface area contributed by atoms with Gasteiger partial charge in [-0.15, -0.1) is 0 Å². The number of carbonyl (C=O) groups is 1. The summed E-state index contributed by atoms with van der Waals surface area (Å²) >= 11 is 0. The summed E-state index contributed by atoms with van der Waals surface area (Å²) in [5.41, 5.74) is 4.27. The zero-order valence-electron chi connectivity index (χ0n) is 17.1. The Balaban J connectivity index is 1.87. The van der Waals surface area contributed by atoms with Gasteiger partial charge in [-0.05, 0) is 62.8 Å². The molecule has 0 heterocycles. The predicted molar refractivity (Wildman–Crippen MR) is 115 cm³/mol. The monoisotopic (exact) mass is 447 g/mol. The van der Waals surface area contributed by atoms with Crippen molar-refractivity contribution in [3.63, 3.8) is 0 Å². The molecule has 0 atom stereocenters. The minimum atomic E-state index is -4.20. The molecule has 0 unspecified atom stereocenters. The van der Waals surface area contributed by atoms with Crippen LogP contribution in [0.1, 0.15) is 43.0 Å². The number of nitrogens with one attached hydrogen (secondary N) is 1. The maximum atomic E-state index is 13.0. The lowest BCUT2D eigenvalue weighted by Gasteiger charge is -2.33. The molecule has 1 fully saturated rings. The largest absolute Gasteiger partial charge is 0.390 e. The van der Waals surface area contributed by atoms with Crippen molar-refractivity contribution in [2.45, 2.75) is 48.0 Å². The number of nitro benzene ring substituents is 1. The Labute approximate surface area is 180 Å². The smallest absolute Gasteiger partial charge is 0.293 e. The van der Waals surface area contributed by atoms with Gasteiger partial charge in [-0.25, -0.2) is 8.42 Å². The van der Waals surface area contributed by atoms with Gasteiger partial charge in [0.05, 0.1) is 25.9 Å². The quantitative estimate of drug-likeness (QED) is 0.436. The molecular formula is C21H25N3O6S. The number of sulfone groups is 1. The van der Waals surface area contributed by atoms with Gasteiger partial charge in [0.15, 0.2) is 0 Å². The Morgan fingerprint density at radius 3 is 2.52 bits per heavy atom. The summed E-state index contributed by atoms with van der Waals surface area (Å²) in [5, 5.41) is 24.7. The fourth-order valence-electron chi connectivity index (χ4n) is 3.77. The summed E-state index contributed by atoms with van der Waals surface area (Å²) in [7, 11) is -4.20. The molecule has 3 rings (SSSR count). The van der Waals surface area contributed by atoms with Crippen LogP contribution in [0.25, 0.3) is 0 Å². The number of amides is 1. The van der Waals surface area contributed by atoms with Crippen molar-refractivity contribution in [3.05, 3.63) is 58.1 Å². The van der Waals surface area contributed by atoms with Gasteiger partial charge >= 0.3 is 0 Å². The van der Waals surface area contributed by atoms with E-state index >= 15 is 0 Å². The third-order valence-electron chi connectivity index (χ3n) is 5.68. The Bertz CT molecular complexity index is 1100. The maximum Gasteiger partial charge on any atom is 0.293 e. The van der Waals surface area contributed by atoms with Crippen LogP contribution in [-0.4, -0.2) is 36.5 Å². The van der Waals surface area contributed by atoms with Crippen molar-refractivity contribution in [2.24, 2.45) is 11.7 Å². The Morgan fingerprint density at radius 2 is 1.90 bits per heavy atom. The molecule has 1 saturated carbocycles. The number of carbonyl (C=O) groups excluding carboxylic acids is 1. The number of anilines is 1. The van der Waals surface area contributed by atoms with Crippen LogP contribution >= 0.6 is 0 Å². The van der Waals surface area contributed by atoms with E-state index in [-0.39, 0.29) is 32.6 Å². The number of rotatable bonds is 7. The number of nitrogens with two attached hydrogens (primary N) is 1. The molecule has 0 aromatic heterocycles. The first-order chi connectivity index (χ1) is 14.5. The molecule has 0 spiro atoms. The van der Waals surface area contributed by atoms with Crippen LogP contribution in [0, 0.1) is 16.0 Å². The predicted octanol–water partition coefficient (Wildman–Crippen LogP) is 2.88. The lowest BCUT2D eigenvalue weighted by Crippen LogP contribution is -2.32. The highest BCUT2D eigenvalue weighted by atomic mass is 32.2. The van der Waals surface area contributed by atoms with E-state index in [9.17, 15) is 28.4 Å². The SMILES string of the molecule is CC1(O)CCC(CNc2ccc(S(=O)(=O)c3ccccc3C(N)=O)cc2[N+](=O)[O-])CC1. The number of nitrogens with zero attached hydrogens (tertiary/aromatic N) is 1. The van der Waals surface area contributed by atoms with Gasteiger partial charge in [-0.1, -0.05) is 12.1 Å². The number of nitro groups is 1. The van der Waals surface area contributed by atoms with Crippen molar-refractivity contribution < 1.29 is 23.2 Å². The summed E-state index contributed by atoms with van der Waals surface area (Å²) in [6.07, 6.45) is 2.92. The first-order valence-corrected chi connectivity index (χ1v) is 11.4. The van der Waals surface area contributed by atoms with Crippen LogP contribution in [0.15, 0.2) is 52.3 Å². The van der Waals surface area contributed by atoms with Crippen molar-refractivity contribution in [1.82, 2.24) is 0 Å². The molecule has 0 saturated heterocycles.